The van der Waals surface area contributed by atoms with E-state index >= 15 is 0 Å². The van der Waals surface area contributed by atoms with E-state index in [0.29, 0.717) is 12.5 Å². The molecule has 0 saturated carbocycles. The van der Waals surface area contributed by atoms with E-state index in [9.17, 15) is 0 Å². The largest absolute Gasteiger partial charge is 0.496 e. The maximum Gasteiger partial charge on any atom is 0.191 e. The van der Waals surface area contributed by atoms with E-state index in [2.05, 4.69) is 18.8 Å². The van der Waals surface area contributed by atoms with Crippen LogP contribution in [0.2, 0.25) is 0 Å². The van der Waals surface area contributed by atoms with Crippen molar-refractivity contribution < 1.29 is 4.74 Å². The van der Waals surface area contributed by atoms with Crippen molar-refractivity contribution >= 4 is 5.96 Å². The topological polar surface area (TPSA) is 50.8 Å². The Morgan fingerprint density at radius 1 is 1.53 bits per heavy atom. The van der Waals surface area contributed by atoms with Crippen molar-refractivity contribution in [1.29, 1.82) is 0 Å². The fraction of sp³-hybridized carbons (Fsp3) is 0.727. The van der Waals surface area contributed by atoms with Gasteiger partial charge in [0.1, 0.15) is 6.10 Å². The number of nitrogens with zero attached hydrogens (tertiary/aromatic N) is 2. The number of hydrogen-bond donors (Lipinski definition) is 1. The molecule has 4 nitrogen and oxygen atoms in total. The predicted octanol–water partition coefficient (Wildman–Crippen LogP) is 1.34. The summed E-state index contributed by atoms with van der Waals surface area (Å²) in [5.41, 5.74) is 5.86. The first kappa shape index (κ1) is 11.9. The first-order valence-electron chi connectivity index (χ1n) is 5.63. The highest BCUT2D eigenvalue weighted by Gasteiger charge is 2.10. The van der Waals surface area contributed by atoms with E-state index in [-0.39, 0.29) is 6.10 Å². The molecule has 0 spiro atoms. The van der Waals surface area contributed by atoms with Gasteiger partial charge in [-0.2, -0.15) is 0 Å². The van der Waals surface area contributed by atoms with Crippen LogP contribution in [-0.4, -0.2) is 36.6 Å². The molecule has 0 aliphatic carbocycles. The highest BCUT2D eigenvalue weighted by atomic mass is 16.5. The van der Waals surface area contributed by atoms with E-state index in [1.807, 2.05) is 11.0 Å². The van der Waals surface area contributed by atoms with Gasteiger partial charge in [-0.3, -0.25) is 0 Å². The average molecular weight is 211 g/mol. The number of hydrogen-bond acceptors (Lipinski definition) is 2. The summed E-state index contributed by atoms with van der Waals surface area (Å²) in [5.74, 6) is 0.623. The predicted molar refractivity (Wildman–Crippen MR) is 62.7 cm³/mol. The van der Waals surface area contributed by atoms with Crippen molar-refractivity contribution in [1.82, 2.24) is 4.90 Å². The van der Waals surface area contributed by atoms with E-state index < -0.39 is 0 Å². The molecule has 0 aromatic carbocycles. The molecule has 15 heavy (non-hydrogen) atoms. The second kappa shape index (κ2) is 6.32. The number of allylic oxidation sites excluding steroid dienone is 1. The van der Waals surface area contributed by atoms with Gasteiger partial charge in [0.25, 0.3) is 0 Å². The van der Waals surface area contributed by atoms with Crippen LogP contribution in [0.15, 0.2) is 17.3 Å². The van der Waals surface area contributed by atoms with Crippen molar-refractivity contribution in [2.24, 2.45) is 10.7 Å². The number of nitrogens with two attached hydrogens (primary N) is 1. The summed E-state index contributed by atoms with van der Waals surface area (Å²) in [6.07, 6.45) is 6.10. The van der Waals surface area contributed by atoms with Crippen molar-refractivity contribution in [3.05, 3.63) is 12.3 Å². The third-order valence-corrected chi connectivity index (χ3v) is 2.57. The molecule has 0 aromatic rings. The molecule has 0 saturated heterocycles. The van der Waals surface area contributed by atoms with Gasteiger partial charge >= 0.3 is 0 Å². The second-order valence-electron chi connectivity index (χ2n) is 3.58. The molecular weight excluding hydrogens is 190 g/mol. The molecule has 0 bridgehead atoms. The Labute approximate surface area is 91.8 Å². The summed E-state index contributed by atoms with van der Waals surface area (Å²) < 4.78 is 5.41. The standard InChI is InChI=1S/C11H21N3O/c1-3-14(4-2)11(12)13-9-10-7-5-6-8-15-10/h6,8,10H,3-5,7,9H2,1-2H3,(H2,12,13). The minimum absolute atomic E-state index is 0.198. The van der Waals surface area contributed by atoms with Crippen molar-refractivity contribution in [3.8, 4) is 0 Å². The van der Waals surface area contributed by atoms with Gasteiger partial charge in [-0.05, 0) is 32.8 Å². The summed E-state index contributed by atoms with van der Waals surface area (Å²) in [4.78, 5) is 6.39. The van der Waals surface area contributed by atoms with Gasteiger partial charge in [-0.15, -0.1) is 0 Å². The molecule has 1 rings (SSSR count). The van der Waals surface area contributed by atoms with Gasteiger partial charge in [0.2, 0.25) is 0 Å². The highest BCUT2D eigenvalue weighted by Crippen LogP contribution is 2.10. The number of guanidine groups is 1. The third kappa shape index (κ3) is 3.81. The molecule has 1 heterocycles. The minimum atomic E-state index is 0.198. The monoisotopic (exact) mass is 211 g/mol. The van der Waals surface area contributed by atoms with E-state index in [4.69, 9.17) is 10.5 Å². The van der Waals surface area contributed by atoms with Gasteiger partial charge < -0.3 is 15.4 Å². The molecule has 4 heteroatoms. The van der Waals surface area contributed by atoms with Gasteiger partial charge in [-0.1, -0.05) is 0 Å². The first-order valence-corrected chi connectivity index (χ1v) is 5.63. The zero-order valence-corrected chi connectivity index (χ0v) is 9.65. The van der Waals surface area contributed by atoms with Crippen LogP contribution in [0, 0.1) is 0 Å². The summed E-state index contributed by atoms with van der Waals surface area (Å²) in [5, 5.41) is 0. The van der Waals surface area contributed by atoms with Crippen LogP contribution in [0.25, 0.3) is 0 Å². The Balaban J connectivity index is 2.38. The van der Waals surface area contributed by atoms with Crippen molar-refractivity contribution in [2.75, 3.05) is 19.6 Å². The molecule has 2 N–H and O–H groups in total. The van der Waals surface area contributed by atoms with E-state index in [0.717, 1.165) is 25.9 Å². The van der Waals surface area contributed by atoms with E-state index in [1.54, 1.807) is 6.26 Å². The van der Waals surface area contributed by atoms with Crippen LogP contribution in [0.4, 0.5) is 0 Å². The van der Waals surface area contributed by atoms with Gasteiger partial charge in [-0.25, -0.2) is 4.99 Å². The third-order valence-electron chi connectivity index (χ3n) is 2.57. The van der Waals surface area contributed by atoms with Crippen LogP contribution in [0.3, 0.4) is 0 Å². The van der Waals surface area contributed by atoms with Crippen molar-refractivity contribution in [3.63, 3.8) is 0 Å². The van der Waals surface area contributed by atoms with Gasteiger partial charge in [0.05, 0.1) is 12.8 Å². The van der Waals surface area contributed by atoms with E-state index in [1.165, 1.54) is 0 Å². The second-order valence-corrected chi connectivity index (χ2v) is 3.58. The van der Waals surface area contributed by atoms with Crippen LogP contribution in [0.5, 0.6) is 0 Å². The zero-order valence-electron chi connectivity index (χ0n) is 9.65. The highest BCUT2D eigenvalue weighted by molar-refractivity contribution is 5.78. The SMILES string of the molecule is CCN(CC)C(N)=NCC1CCC=CO1. The molecule has 0 amide bonds. The minimum Gasteiger partial charge on any atom is -0.496 e. The lowest BCUT2D eigenvalue weighted by molar-refractivity contribution is 0.131. The van der Waals surface area contributed by atoms with Gasteiger partial charge in [0, 0.05) is 13.1 Å². The Morgan fingerprint density at radius 2 is 2.27 bits per heavy atom. The molecule has 86 valence electrons. The Kier molecular flexibility index (Phi) is 5.01. The summed E-state index contributed by atoms with van der Waals surface area (Å²) >= 11 is 0. The summed E-state index contributed by atoms with van der Waals surface area (Å²) in [6, 6.07) is 0. The molecule has 0 aromatic heterocycles. The maximum absolute atomic E-state index is 5.86. The first-order chi connectivity index (χ1) is 7.27. The lowest BCUT2D eigenvalue weighted by atomic mass is 10.2. The van der Waals surface area contributed by atoms with Crippen molar-refractivity contribution in [2.45, 2.75) is 32.8 Å². The van der Waals surface area contributed by atoms with Crippen LogP contribution in [0.1, 0.15) is 26.7 Å². The molecule has 0 fully saturated rings. The summed E-state index contributed by atoms with van der Waals surface area (Å²) in [6.45, 7) is 6.61. The Morgan fingerprint density at radius 3 is 2.80 bits per heavy atom. The smallest absolute Gasteiger partial charge is 0.191 e. The lowest BCUT2D eigenvalue weighted by Gasteiger charge is -2.21. The van der Waals surface area contributed by atoms with Crippen LogP contribution >= 0.6 is 0 Å². The molecule has 1 aliphatic heterocycles. The van der Waals surface area contributed by atoms with Crippen LogP contribution < -0.4 is 5.73 Å². The zero-order chi connectivity index (χ0) is 11.1. The summed E-state index contributed by atoms with van der Waals surface area (Å²) in [7, 11) is 0. The lowest BCUT2D eigenvalue weighted by Crippen LogP contribution is -2.37. The molecule has 1 aliphatic rings. The number of rotatable bonds is 4. The molecule has 0 radical (unpaired) electrons. The Hall–Kier alpha value is -1.19. The van der Waals surface area contributed by atoms with Crippen LogP contribution in [-0.2, 0) is 4.74 Å². The molecule has 1 atom stereocenters. The molecule has 1 unspecified atom stereocenters. The number of aliphatic imine (C=N–C) groups is 1. The average Bonchev–Trinajstić information content (AvgIpc) is 2.29. The van der Waals surface area contributed by atoms with Gasteiger partial charge in [0.15, 0.2) is 5.96 Å². The molecular formula is C11H21N3O. The quantitative estimate of drug-likeness (QED) is 0.564. The maximum atomic E-state index is 5.86. The number of ether oxygens (including phenoxy) is 1. The normalized spacial score (nSPS) is 21.2. The fourth-order valence-corrected chi connectivity index (χ4v) is 1.56. The fourth-order valence-electron chi connectivity index (χ4n) is 1.56. The Bertz CT molecular complexity index is 234.